The third-order valence-electron chi connectivity index (χ3n) is 4.22. The SMILES string of the molecule is CCCCc1ccc(-n2c(S[C@@H](C)C#N)nc3ccccc3c2=O)cc1. The predicted molar refractivity (Wildman–Crippen MR) is 107 cm³/mol. The van der Waals surface area contributed by atoms with Crippen LogP contribution in [0.2, 0.25) is 0 Å². The van der Waals surface area contributed by atoms with Crippen molar-refractivity contribution in [2.45, 2.75) is 43.5 Å². The van der Waals surface area contributed by atoms with Crippen molar-refractivity contribution in [3.05, 3.63) is 64.4 Å². The molecule has 0 radical (unpaired) electrons. The number of rotatable bonds is 6. The fourth-order valence-corrected chi connectivity index (χ4v) is 3.61. The van der Waals surface area contributed by atoms with Crippen LogP contribution in [0.15, 0.2) is 58.5 Å². The van der Waals surface area contributed by atoms with E-state index in [2.05, 4.69) is 30.1 Å². The lowest BCUT2D eigenvalue weighted by atomic mass is 10.1. The van der Waals surface area contributed by atoms with E-state index >= 15 is 0 Å². The highest BCUT2D eigenvalue weighted by Gasteiger charge is 2.15. The molecule has 1 heterocycles. The summed E-state index contributed by atoms with van der Waals surface area (Å²) in [6, 6.07) is 17.6. The molecule has 5 heteroatoms. The van der Waals surface area contributed by atoms with Gasteiger partial charge in [0, 0.05) is 0 Å². The van der Waals surface area contributed by atoms with Gasteiger partial charge in [-0.2, -0.15) is 5.26 Å². The second kappa shape index (κ2) is 8.20. The van der Waals surface area contributed by atoms with E-state index in [1.54, 1.807) is 10.6 Å². The Labute approximate surface area is 157 Å². The highest BCUT2D eigenvalue weighted by molar-refractivity contribution is 8.00. The lowest BCUT2D eigenvalue weighted by Crippen LogP contribution is -2.22. The molecule has 0 fully saturated rings. The molecule has 4 nitrogen and oxygen atoms in total. The molecule has 26 heavy (non-hydrogen) atoms. The monoisotopic (exact) mass is 363 g/mol. The number of aromatic nitrogens is 2. The van der Waals surface area contributed by atoms with Crippen LogP contribution in [0.3, 0.4) is 0 Å². The van der Waals surface area contributed by atoms with Crippen LogP contribution in [0.4, 0.5) is 0 Å². The van der Waals surface area contributed by atoms with E-state index in [9.17, 15) is 10.1 Å². The molecule has 1 atom stereocenters. The second-order valence-corrected chi connectivity index (χ2v) is 7.52. The quantitative estimate of drug-likeness (QED) is 0.469. The van der Waals surface area contributed by atoms with Crippen LogP contribution in [0.5, 0.6) is 0 Å². The summed E-state index contributed by atoms with van der Waals surface area (Å²) in [5, 5.41) is 10.0. The Balaban J connectivity index is 2.13. The number of benzene rings is 2. The van der Waals surface area contributed by atoms with E-state index in [-0.39, 0.29) is 10.8 Å². The number of para-hydroxylation sites is 1. The molecule has 0 amide bonds. The van der Waals surface area contributed by atoms with E-state index in [1.807, 2.05) is 37.3 Å². The average Bonchev–Trinajstić information content (AvgIpc) is 2.67. The minimum atomic E-state index is -0.293. The van der Waals surface area contributed by atoms with Crippen molar-refractivity contribution in [1.82, 2.24) is 9.55 Å². The molecule has 3 rings (SSSR count). The Morgan fingerprint density at radius 1 is 1.19 bits per heavy atom. The number of hydrogen-bond donors (Lipinski definition) is 0. The summed E-state index contributed by atoms with van der Waals surface area (Å²) in [6.45, 7) is 3.98. The van der Waals surface area contributed by atoms with Crippen molar-refractivity contribution in [3.63, 3.8) is 0 Å². The topological polar surface area (TPSA) is 58.7 Å². The highest BCUT2D eigenvalue weighted by atomic mass is 32.2. The Morgan fingerprint density at radius 2 is 1.92 bits per heavy atom. The lowest BCUT2D eigenvalue weighted by molar-refractivity contribution is 0.791. The van der Waals surface area contributed by atoms with Gasteiger partial charge >= 0.3 is 0 Å². The van der Waals surface area contributed by atoms with E-state index in [0.717, 1.165) is 24.9 Å². The highest BCUT2D eigenvalue weighted by Crippen LogP contribution is 2.25. The minimum Gasteiger partial charge on any atom is -0.268 e. The van der Waals surface area contributed by atoms with Gasteiger partial charge in [0.1, 0.15) is 0 Å². The van der Waals surface area contributed by atoms with Crippen molar-refractivity contribution in [1.29, 1.82) is 5.26 Å². The Hall–Kier alpha value is -2.58. The summed E-state index contributed by atoms with van der Waals surface area (Å²) in [4.78, 5) is 17.8. The molecule has 3 aromatic rings. The molecule has 1 aromatic heterocycles. The largest absolute Gasteiger partial charge is 0.268 e. The van der Waals surface area contributed by atoms with Gasteiger partial charge in [0.25, 0.3) is 5.56 Å². The van der Waals surface area contributed by atoms with Gasteiger partial charge in [0.15, 0.2) is 5.16 Å². The first-order valence-electron chi connectivity index (χ1n) is 8.81. The summed E-state index contributed by atoms with van der Waals surface area (Å²) in [5.74, 6) is 0. The van der Waals surface area contributed by atoms with E-state index in [1.165, 1.54) is 17.3 Å². The number of aryl methyl sites for hydroxylation is 1. The van der Waals surface area contributed by atoms with Crippen LogP contribution in [0, 0.1) is 11.3 Å². The molecule has 0 N–H and O–H groups in total. The molecule has 0 aliphatic rings. The standard InChI is InChI=1S/C21H21N3OS/c1-3-4-7-16-10-12-17(13-11-16)24-20(25)18-8-5-6-9-19(18)23-21(24)26-15(2)14-22/h5-6,8-13,15H,3-4,7H2,1-2H3/t15-/m0/s1. The second-order valence-electron chi connectivity index (χ2n) is 6.21. The fourth-order valence-electron chi connectivity index (χ4n) is 2.80. The van der Waals surface area contributed by atoms with Gasteiger partial charge in [0.2, 0.25) is 0 Å². The molecule has 0 saturated carbocycles. The van der Waals surface area contributed by atoms with Crippen LogP contribution >= 0.6 is 11.8 Å². The normalized spacial score (nSPS) is 12.0. The van der Waals surface area contributed by atoms with Gasteiger partial charge in [-0.3, -0.25) is 9.36 Å². The number of fused-ring (bicyclic) bond motifs is 1. The molecular formula is C21H21N3OS. The van der Waals surface area contributed by atoms with Gasteiger partial charge < -0.3 is 0 Å². The first-order chi connectivity index (χ1) is 12.6. The smallest absolute Gasteiger partial charge is 0.266 e. The Kier molecular flexibility index (Phi) is 5.75. The van der Waals surface area contributed by atoms with Crippen LogP contribution in [-0.4, -0.2) is 14.8 Å². The van der Waals surface area contributed by atoms with E-state index in [0.29, 0.717) is 16.1 Å². The third-order valence-corrected chi connectivity index (χ3v) is 5.17. The van der Waals surface area contributed by atoms with Gasteiger partial charge in [0.05, 0.1) is 27.9 Å². The molecular weight excluding hydrogens is 342 g/mol. The van der Waals surface area contributed by atoms with Crippen LogP contribution in [0.25, 0.3) is 16.6 Å². The maximum atomic E-state index is 13.1. The van der Waals surface area contributed by atoms with Crippen LogP contribution in [0.1, 0.15) is 32.3 Å². The number of nitrogens with zero attached hydrogens (tertiary/aromatic N) is 3. The van der Waals surface area contributed by atoms with E-state index in [4.69, 9.17) is 0 Å². The van der Waals surface area contributed by atoms with Crippen molar-refractivity contribution >= 4 is 22.7 Å². The molecule has 2 aromatic carbocycles. The van der Waals surface area contributed by atoms with Crippen molar-refractivity contribution in [2.75, 3.05) is 0 Å². The number of thioether (sulfide) groups is 1. The Morgan fingerprint density at radius 3 is 2.62 bits per heavy atom. The summed E-state index contributed by atoms with van der Waals surface area (Å²) in [6.07, 6.45) is 3.34. The molecule has 0 aliphatic heterocycles. The minimum absolute atomic E-state index is 0.107. The van der Waals surface area contributed by atoms with Crippen molar-refractivity contribution in [3.8, 4) is 11.8 Å². The molecule has 0 aliphatic carbocycles. The first-order valence-corrected chi connectivity index (χ1v) is 9.69. The number of unbranched alkanes of at least 4 members (excludes halogenated alkanes) is 1. The third kappa shape index (κ3) is 3.81. The summed E-state index contributed by atoms with van der Waals surface area (Å²) in [7, 11) is 0. The molecule has 0 spiro atoms. The first kappa shape index (κ1) is 18.2. The summed E-state index contributed by atoms with van der Waals surface area (Å²) >= 11 is 1.30. The molecule has 0 bridgehead atoms. The van der Waals surface area contributed by atoms with Gasteiger partial charge in [-0.25, -0.2) is 4.98 Å². The maximum absolute atomic E-state index is 13.1. The zero-order valence-corrected chi connectivity index (χ0v) is 15.8. The fraction of sp³-hybridized carbons (Fsp3) is 0.286. The summed E-state index contributed by atoms with van der Waals surface area (Å²) in [5.41, 5.74) is 2.59. The van der Waals surface area contributed by atoms with Gasteiger partial charge in [-0.05, 0) is 49.6 Å². The molecule has 0 saturated heterocycles. The van der Waals surface area contributed by atoms with Crippen LogP contribution < -0.4 is 5.56 Å². The van der Waals surface area contributed by atoms with Gasteiger partial charge in [-0.15, -0.1) is 0 Å². The number of nitriles is 1. The Bertz CT molecular complexity index is 1000. The molecule has 0 unspecified atom stereocenters. The van der Waals surface area contributed by atoms with Crippen LogP contribution in [-0.2, 0) is 6.42 Å². The zero-order valence-electron chi connectivity index (χ0n) is 15.0. The molecule has 132 valence electrons. The predicted octanol–water partition coefficient (Wildman–Crippen LogP) is 4.73. The zero-order chi connectivity index (χ0) is 18.5. The van der Waals surface area contributed by atoms with Crippen molar-refractivity contribution in [2.24, 2.45) is 0 Å². The van der Waals surface area contributed by atoms with Gasteiger partial charge in [-0.1, -0.05) is 49.4 Å². The number of hydrogen-bond acceptors (Lipinski definition) is 4. The lowest BCUT2D eigenvalue weighted by Gasteiger charge is -2.14. The maximum Gasteiger partial charge on any atom is 0.266 e. The van der Waals surface area contributed by atoms with Crippen molar-refractivity contribution < 1.29 is 0 Å². The average molecular weight is 363 g/mol. The van der Waals surface area contributed by atoms with E-state index < -0.39 is 0 Å². The summed E-state index contributed by atoms with van der Waals surface area (Å²) < 4.78 is 1.62.